The van der Waals surface area contributed by atoms with Crippen LogP contribution in [-0.2, 0) is 0 Å². The van der Waals surface area contributed by atoms with Gasteiger partial charge in [0.05, 0.1) is 5.52 Å². The first-order chi connectivity index (χ1) is 10.4. The zero-order valence-electron chi connectivity index (χ0n) is 12.7. The molecular weight excluding hydrogens is 260 g/mol. The van der Waals surface area contributed by atoms with Gasteiger partial charge in [-0.15, -0.1) is 0 Å². The molecule has 3 rings (SSSR count). The van der Waals surface area contributed by atoms with Crippen LogP contribution in [0.25, 0.3) is 10.9 Å². The lowest BCUT2D eigenvalue weighted by Gasteiger charge is -2.24. The summed E-state index contributed by atoms with van der Waals surface area (Å²) < 4.78 is 6.14. The molecule has 1 atom stereocenters. The van der Waals surface area contributed by atoms with Crippen LogP contribution in [0.4, 0.5) is 0 Å². The van der Waals surface area contributed by atoms with Crippen LogP contribution in [0.2, 0.25) is 0 Å². The van der Waals surface area contributed by atoms with Crippen molar-refractivity contribution in [3.63, 3.8) is 0 Å². The topological polar surface area (TPSA) is 34.1 Å². The van der Waals surface area contributed by atoms with Crippen LogP contribution in [0.5, 0.6) is 5.75 Å². The molecule has 1 aromatic heterocycles. The maximum Gasteiger partial charge on any atom is 0.128 e. The standard InChI is InChI=1S/C18H24N2O/c1-2-19-17(14-7-3-4-8-14)13-21-18-11-5-10-16-15(18)9-6-12-20-16/h5-6,9-12,14,17,19H,2-4,7-8,13H2,1H3. The number of nitrogens with zero attached hydrogens (tertiary/aromatic N) is 1. The molecule has 1 aliphatic rings. The van der Waals surface area contributed by atoms with Gasteiger partial charge in [-0.25, -0.2) is 0 Å². The van der Waals surface area contributed by atoms with Crippen molar-refractivity contribution < 1.29 is 4.74 Å². The minimum atomic E-state index is 0.462. The van der Waals surface area contributed by atoms with Gasteiger partial charge in [0.1, 0.15) is 12.4 Å². The van der Waals surface area contributed by atoms with Crippen molar-refractivity contribution in [1.29, 1.82) is 0 Å². The van der Waals surface area contributed by atoms with Crippen molar-refractivity contribution in [1.82, 2.24) is 10.3 Å². The first-order valence-corrected chi connectivity index (χ1v) is 8.08. The summed E-state index contributed by atoms with van der Waals surface area (Å²) >= 11 is 0. The highest BCUT2D eigenvalue weighted by Crippen LogP contribution is 2.29. The van der Waals surface area contributed by atoms with Gasteiger partial charge in [0.15, 0.2) is 0 Å². The van der Waals surface area contributed by atoms with Gasteiger partial charge in [-0.05, 0) is 49.6 Å². The quantitative estimate of drug-likeness (QED) is 0.876. The average molecular weight is 284 g/mol. The van der Waals surface area contributed by atoms with Crippen molar-refractivity contribution in [2.45, 2.75) is 38.6 Å². The predicted molar refractivity (Wildman–Crippen MR) is 86.7 cm³/mol. The molecule has 21 heavy (non-hydrogen) atoms. The molecule has 0 saturated heterocycles. The third kappa shape index (κ3) is 3.35. The maximum atomic E-state index is 6.14. The van der Waals surface area contributed by atoms with Gasteiger partial charge in [0.2, 0.25) is 0 Å². The predicted octanol–water partition coefficient (Wildman–Crippen LogP) is 3.78. The Kier molecular flexibility index (Phi) is 4.71. The second-order valence-corrected chi connectivity index (χ2v) is 5.85. The zero-order valence-corrected chi connectivity index (χ0v) is 12.7. The fourth-order valence-corrected chi connectivity index (χ4v) is 3.36. The average Bonchev–Trinajstić information content (AvgIpc) is 3.05. The number of aromatic nitrogens is 1. The van der Waals surface area contributed by atoms with E-state index < -0.39 is 0 Å². The molecule has 1 aromatic carbocycles. The van der Waals surface area contributed by atoms with Crippen LogP contribution in [-0.4, -0.2) is 24.2 Å². The van der Waals surface area contributed by atoms with Gasteiger partial charge in [0.25, 0.3) is 0 Å². The van der Waals surface area contributed by atoms with Crippen molar-refractivity contribution in [3.8, 4) is 5.75 Å². The highest BCUT2D eigenvalue weighted by Gasteiger charge is 2.24. The summed E-state index contributed by atoms with van der Waals surface area (Å²) in [6, 6.07) is 10.6. The van der Waals surface area contributed by atoms with Crippen LogP contribution in [0.15, 0.2) is 36.5 Å². The summed E-state index contributed by atoms with van der Waals surface area (Å²) in [5, 5.41) is 4.70. The summed E-state index contributed by atoms with van der Waals surface area (Å²) in [7, 11) is 0. The third-order valence-electron chi connectivity index (χ3n) is 4.46. The number of hydrogen-bond acceptors (Lipinski definition) is 3. The van der Waals surface area contributed by atoms with E-state index in [-0.39, 0.29) is 0 Å². The fraction of sp³-hybridized carbons (Fsp3) is 0.500. The Morgan fingerprint density at radius 3 is 2.90 bits per heavy atom. The Morgan fingerprint density at radius 2 is 2.10 bits per heavy atom. The highest BCUT2D eigenvalue weighted by molar-refractivity contribution is 5.84. The van der Waals surface area contributed by atoms with Crippen LogP contribution in [0.3, 0.4) is 0 Å². The van der Waals surface area contributed by atoms with E-state index in [9.17, 15) is 0 Å². The van der Waals surface area contributed by atoms with E-state index in [0.29, 0.717) is 6.04 Å². The molecule has 0 spiro atoms. The van der Waals surface area contributed by atoms with Crippen molar-refractivity contribution >= 4 is 10.9 Å². The summed E-state index contributed by atoms with van der Waals surface area (Å²) in [5.41, 5.74) is 0.996. The van der Waals surface area contributed by atoms with Gasteiger partial charge >= 0.3 is 0 Å². The second-order valence-electron chi connectivity index (χ2n) is 5.85. The Bertz CT molecular complexity index is 573. The van der Waals surface area contributed by atoms with E-state index in [1.165, 1.54) is 25.7 Å². The van der Waals surface area contributed by atoms with Crippen molar-refractivity contribution in [3.05, 3.63) is 36.5 Å². The molecule has 1 N–H and O–H groups in total. The third-order valence-corrected chi connectivity index (χ3v) is 4.46. The maximum absolute atomic E-state index is 6.14. The Labute approximate surface area is 126 Å². The molecule has 2 aromatic rings. The van der Waals surface area contributed by atoms with Crippen molar-refractivity contribution in [2.24, 2.45) is 5.92 Å². The lowest BCUT2D eigenvalue weighted by Crippen LogP contribution is -2.40. The van der Waals surface area contributed by atoms with Crippen LogP contribution < -0.4 is 10.1 Å². The van der Waals surface area contributed by atoms with Crippen LogP contribution >= 0.6 is 0 Å². The summed E-state index contributed by atoms with van der Waals surface area (Å²) in [5.74, 6) is 1.71. The number of ether oxygens (including phenoxy) is 1. The summed E-state index contributed by atoms with van der Waals surface area (Å²) in [6.07, 6.45) is 7.22. The number of nitrogens with one attached hydrogen (secondary N) is 1. The lowest BCUT2D eigenvalue weighted by molar-refractivity contribution is 0.221. The number of rotatable bonds is 6. The van der Waals surface area contributed by atoms with E-state index in [2.05, 4.69) is 23.3 Å². The molecule has 3 heteroatoms. The van der Waals surface area contributed by atoms with Gasteiger partial charge in [0, 0.05) is 17.6 Å². The zero-order chi connectivity index (χ0) is 14.5. The molecule has 112 valence electrons. The first kappa shape index (κ1) is 14.3. The number of likely N-dealkylation sites (N-methyl/N-ethyl adjacent to an activating group) is 1. The molecule has 1 fully saturated rings. The number of fused-ring (bicyclic) bond motifs is 1. The Balaban J connectivity index is 1.72. The van der Waals surface area contributed by atoms with Gasteiger partial charge < -0.3 is 10.1 Å². The molecular formula is C18H24N2O. The van der Waals surface area contributed by atoms with Gasteiger partial charge in [-0.1, -0.05) is 25.8 Å². The fourth-order valence-electron chi connectivity index (χ4n) is 3.36. The smallest absolute Gasteiger partial charge is 0.128 e. The van der Waals surface area contributed by atoms with E-state index in [0.717, 1.165) is 35.7 Å². The Morgan fingerprint density at radius 1 is 1.24 bits per heavy atom. The van der Waals surface area contributed by atoms with Crippen LogP contribution in [0.1, 0.15) is 32.6 Å². The summed E-state index contributed by atoms with van der Waals surface area (Å²) in [6.45, 7) is 3.91. The normalized spacial score (nSPS) is 17.2. The highest BCUT2D eigenvalue weighted by atomic mass is 16.5. The van der Waals surface area contributed by atoms with E-state index in [1.807, 2.05) is 30.5 Å². The number of benzene rings is 1. The minimum Gasteiger partial charge on any atom is -0.491 e. The number of pyridine rings is 1. The van der Waals surface area contributed by atoms with E-state index >= 15 is 0 Å². The minimum absolute atomic E-state index is 0.462. The largest absolute Gasteiger partial charge is 0.491 e. The van der Waals surface area contributed by atoms with E-state index in [4.69, 9.17) is 4.74 Å². The monoisotopic (exact) mass is 284 g/mol. The molecule has 1 aliphatic carbocycles. The lowest BCUT2D eigenvalue weighted by atomic mass is 9.99. The SMILES string of the molecule is CCNC(COc1cccc2ncccc12)C1CCCC1. The van der Waals surface area contributed by atoms with Gasteiger partial charge in [-0.3, -0.25) is 4.98 Å². The van der Waals surface area contributed by atoms with Crippen LogP contribution in [0, 0.1) is 5.92 Å². The van der Waals surface area contributed by atoms with Crippen molar-refractivity contribution in [2.75, 3.05) is 13.2 Å². The molecule has 0 amide bonds. The molecule has 1 unspecified atom stereocenters. The summed E-state index contributed by atoms with van der Waals surface area (Å²) in [4.78, 5) is 4.39. The number of hydrogen-bond donors (Lipinski definition) is 1. The Hall–Kier alpha value is -1.61. The first-order valence-electron chi connectivity index (χ1n) is 8.08. The molecule has 1 heterocycles. The van der Waals surface area contributed by atoms with E-state index in [1.54, 1.807) is 0 Å². The molecule has 1 saturated carbocycles. The molecule has 0 radical (unpaired) electrons. The molecule has 0 aliphatic heterocycles. The van der Waals surface area contributed by atoms with Gasteiger partial charge in [-0.2, -0.15) is 0 Å². The second kappa shape index (κ2) is 6.90. The molecule has 3 nitrogen and oxygen atoms in total. The molecule has 0 bridgehead atoms.